The fraction of sp³-hybridized carbons (Fsp3) is 0.286. The van der Waals surface area contributed by atoms with Gasteiger partial charge in [0.25, 0.3) is 0 Å². The van der Waals surface area contributed by atoms with Crippen LogP contribution in [0.1, 0.15) is 18.1 Å². The Morgan fingerprint density at radius 1 is 1.33 bits per heavy atom. The Morgan fingerprint density at radius 2 is 2.10 bits per heavy atom. The SMILES string of the molecule is CCNc1ncnc(Sc2ccc(C)cc2C)c1[N+](=O)[O-]. The number of nitrogens with one attached hydrogen (secondary N) is 1. The molecule has 1 heterocycles. The molecule has 0 unspecified atom stereocenters. The first-order valence-corrected chi connectivity index (χ1v) is 7.33. The van der Waals surface area contributed by atoms with Crippen LogP contribution in [0.3, 0.4) is 0 Å². The van der Waals surface area contributed by atoms with E-state index < -0.39 is 4.92 Å². The zero-order chi connectivity index (χ0) is 15.4. The first-order chi connectivity index (χ1) is 10.0. The Kier molecular flexibility index (Phi) is 4.74. The van der Waals surface area contributed by atoms with Gasteiger partial charge in [-0.05, 0) is 32.4 Å². The fourth-order valence-corrected chi connectivity index (χ4v) is 2.85. The van der Waals surface area contributed by atoms with Gasteiger partial charge in [-0.1, -0.05) is 29.5 Å². The van der Waals surface area contributed by atoms with Crippen LogP contribution in [0.4, 0.5) is 11.5 Å². The highest BCUT2D eigenvalue weighted by Crippen LogP contribution is 2.37. The lowest BCUT2D eigenvalue weighted by Crippen LogP contribution is -2.05. The van der Waals surface area contributed by atoms with Crippen molar-refractivity contribution in [2.75, 3.05) is 11.9 Å². The van der Waals surface area contributed by atoms with Gasteiger partial charge in [0, 0.05) is 11.4 Å². The van der Waals surface area contributed by atoms with Crippen LogP contribution in [0.15, 0.2) is 34.4 Å². The molecule has 2 rings (SSSR count). The van der Waals surface area contributed by atoms with Crippen molar-refractivity contribution in [2.24, 2.45) is 0 Å². The molecule has 7 heteroatoms. The van der Waals surface area contributed by atoms with E-state index >= 15 is 0 Å². The smallest absolute Gasteiger partial charge is 0.343 e. The Morgan fingerprint density at radius 3 is 2.71 bits per heavy atom. The molecular formula is C14H16N4O2S. The minimum Gasteiger partial charge on any atom is -0.364 e. The molecule has 6 nitrogen and oxygen atoms in total. The van der Waals surface area contributed by atoms with Crippen molar-refractivity contribution in [3.8, 4) is 0 Å². The van der Waals surface area contributed by atoms with Crippen LogP contribution in [0.25, 0.3) is 0 Å². The van der Waals surface area contributed by atoms with E-state index in [1.165, 1.54) is 18.1 Å². The molecule has 0 spiro atoms. The lowest BCUT2D eigenvalue weighted by Gasteiger charge is -2.08. The summed E-state index contributed by atoms with van der Waals surface area (Å²) in [6.07, 6.45) is 1.34. The summed E-state index contributed by atoms with van der Waals surface area (Å²) in [5, 5.41) is 14.6. The molecule has 0 fully saturated rings. The van der Waals surface area contributed by atoms with Crippen LogP contribution in [0.5, 0.6) is 0 Å². The molecule has 1 aromatic carbocycles. The van der Waals surface area contributed by atoms with Crippen molar-refractivity contribution in [1.82, 2.24) is 9.97 Å². The van der Waals surface area contributed by atoms with E-state index in [-0.39, 0.29) is 11.5 Å². The summed E-state index contributed by atoms with van der Waals surface area (Å²) in [7, 11) is 0. The molecule has 2 aromatic rings. The third-order valence-corrected chi connectivity index (χ3v) is 4.02. The minimum absolute atomic E-state index is 0.0793. The van der Waals surface area contributed by atoms with Crippen molar-refractivity contribution in [3.63, 3.8) is 0 Å². The number of hydrogen-bond donors (Lipinski definition) is 1. The average molecular weight is 304 g/mol. The van der Waals surface area contributed by atoms with Gasteiger partial charge < -0.3 is 5.32 Å². The average Bonchev–Trinajstić information content (AvgIpc) is 2.42. The van der Waals surface area contributed by atoms with Gasteiger partial charge >= 0.3 is 5.69 Å². The molecule has 1 aromatic heterocycles. The first kappa shape index (κ1) is 15.2. The van der Waals surface area contributed by atoms with Crippen LogP contribution in [-0.4, -0.2) is 21.4 Å². The first-order valence-electron chi connectivity index (χ1n) is 6.51. The number of nitrogens with zero attached hydrogens (tertiary/aromatic N) is 3. The summed E-state index contributed by atoms with van der Waals surface area (Å²) in [5.41, 5.74) is 2.14. The van der Waals surface area contributed by atoms with E-state index in [1.807, 2.05) is 39.0 Å². The van der Waals surface area contributed by atoms with E-state index in [4.69, 9.17) is 0 Å². The molecule has 0 aliphatic rings. The maximum absolute atomic E-state index is 11.3. The number of hydrogen-bond acceptors (Lipinski definition) is 6. The quantitative estimate of drug-likeness (QED) is 0.516. The molecule has 0 aliphatic heterocycles. The fourth-order valence-electron chi connectivity index (χ4n) is 1.92. The molecular weight excluding hydrogens is 288 g/mol. The third kappa shape index (κ3) is 3.49. The second-order valence-corrected chi connectivity index (χ2v) is 5.57. The van der Waals surface area contributed by atoms with Gasteiger partial charge in [-0.3, -0.25) is 10.1 Å². The molecule has 21 heavy (non-hydrogen) atoms. The standard InChI is InChI=1S/C14H16N4O2S/c1-4-15-13-12(18(19)20)14(17-8-16-13)21-11-6-5-9(2)7-10(11)3/h5-8H,4H2,1-3H3,(H,15,16,17). The van der Waals surface area contributed by atoms with Gasteiger partial charge in [0.15, 0.2) is 5.03 Å². The van der Waals surface area contributed by atoms with Crippen molar-refractivity contribution < 1.29 is 4.92 Å². The zero-order valence-corrected chi connectivity index (χ0v) is 12.9. The second kappa shape index (κ2) is 6.53. The van der Waals surface area contributed by atoms with Crippen LogP contribution >= 0.6 is 11.8 Å². The van der Waals surface area contributed by atoms with Crippen LogP contribution < -0.4 is 5.32 Å². The topological polar surface area (TPSA) is 81.0 Å². The Hall–Kier alpha value is -2.15. The van der Waals surface area contributed by atoms with E-state index in [9.17, 15) is 10.1 Å². The lowest BCUT2D eigenvalue weighted by molar-refractivity contribution is -0.387. The Labute approximate surface area is 127 Å². The maximum Gasteiger partial charge on any atom is 0.343 e. The van der Waals surface area contributed by atoms with Gasteiger partial charge in [-0.25, -0.2) is 9.97 Å². The second-order valence-electron chi connectivity index (χ2n) is 4.53. The number of anilines is 1. The van der Waals surface area contributed by atoms with Gasteiger partial charge in [0.2, 0.25) is 5.82 Å². The Bertz CT molecular complexity index is 676. The normalized spacial score (nSPS) is 10.4. The van der Waals surface area contributed by atoms with Gasteiger partial charge in [-0.15, -0.1) is 0 Å². The summed E-state index contributed by atoms with van der Waals surface area (Å²) < 4.78 is 0. The third-order valence-electron chi connectivity index (χ3n) is 2.85. The summed E-state index contributed by atoms with van der Waals surface area (Å²) in [5.74, 6) is 0.254. The number of aryl methyl sites for hydroxylation is 2. The van der Waals surface area contributed by atoms with Crippen LogP contribution in [0.2, 0.25) is 0 Å². The van der Waals surface area contributed by atoms with Crippen LogP contribution in [-0.2, 0) is 0 Å². The molecule has 0 bridgehead atoms. The predicted molar refractivity (Wildman–Crippen MR) is 82.9 cm³/mol. The number of benzene rings is 1. The van der Waals surface area contributed by atoms with Gasteiger partial charge in [-0.2, -0.15) is 0 Å². The number of aromatic nitrogens is 2. The molecule has 0 saturated heterocycles. The van der Waals surface area contributed by atoms with E-state index in [0.717, 1.165) is 16.0 Å². The van der Waals surface area contributed by atoms with Gasteiger partial charge in [0.1, 0.15) is 6.33 Å². The predicted octanol–water partition coefficient (Wildman–Crippen LogP) is 3.58. The highest BCUT2D eigenvalue weighted by atomic mass is 32.2. The molecule has 0 saturated carbocycles. The van der Waals surface area contributed by atoms with Crippen LogP contribution in [0, 0.1) is 24.0 Å². The number of rotatable bonds is 5. The highest BCUT2D eigenvalue weighted by Gasteiger charge is 2.23. The minimum atomic E-state index is -0.441. The molecule has 110 valence electrons. The molecule has 0 radical (unpaired) electrons. The molecule has 0 atom stereocenters. The number of nitro groups is 1. The summed E-state index contributed by atoms with van der Waals surface area (Å²) in [6.45, 7) is 6.42. The van der Waals surface area contributed by atoms with Gasteiger partial charge in [0.05, 0.1) is 4.92 Å². The van der Waals surface area contributed by atoms with Crippen molar-refractivity contribution >= 4 is 23.3 Å². The molecule has 0 amide bonds. The van der Waals surface area contributed by atoms with Crippen molar-refractivity contribution in [1.29, 1.82) is 0 Å². The lowest BCUT2D eigenvalue weighted by atomic mass is 10.2. The highest BCUT2D eigenvalue weighted by molar-refractivity contribution is 7.99. The maximum atomic E-state index is 11.3. The van der Waals surface area contributed by atoms with E-state index in [0.29, 0.717) is 11.6 Å². The van der Waals surface area contributed by atoms with Crippen molar-refractivity contribution in [3.05, 3.63) is 45.8 Å². The zero-order valence-electron chi connectivity index (χ0n) is 12.1. The monoisotopic (exact) mass is 304 g/mol. The summed E-state index contributed by atoms with van der Waals surface area (Å²) in [6, 6.07) is 5.97. The van der Waals surface area contributed by atoms with E-state index in [2.05, 4.69) is 15.3 Å². The van der Waals surface area contributed by atoms with Crippen molar-refractivity contribution in [2.45, 2.75) is 30.7 Å². The largest absolute Gasteiger partial charge is 0.364 e. The molecule has 1 N–H and O–H groups in total. The molecule has 0 aliphatic carbocycles. The Balaban J connectivity index is 2.43. The van der Waals surface area contributed by atoms with E-state index in [1.54, 1.807) is 0 Å². The summed E-state index contributed by atoms with van der Waals surface area (Å²) in [4.78, 5) is 19.9. The summed E-state index contributed by atoms with van der Waals surface area (Å²) >= 11 is 1.29.